The first-order valence-electron chi connectivity index (χ1n) is 8.68. The van der Waals surface area contributed by atoms with Crippen molar-refractivity contribution >= 4 is 0 Å². The summed E-state index contributed by atoms with van der Waals surface area (Å²) in [6.07, 6.45) is 11.3. The van der Waals surface area contributed by atoms with Crippen molar-refractivity contribution in [3.63, 3.8) is 0 Å². The fourth-order valence-corrected chi connectivity index (χ4v) is 5.04. The first-order chi connectivity index (χ1) is 9.16. The van der Waals surface area contributed by atoms with Crippen LogP contribution in [0.1, 0.15) is 65.2 Å². The van der Waals surface area contributed by atoms with Crippen molar-refractivity contribution in [1.29, 1.82) is 0 Å². The predicted octanol–water partition coefficient (Wildman–Crippen LogP) is 3.40. The average molecular weight is 264 g/mol. The molecule has 19 heavy (non-hydrogen) atoms. The highest BCUT2D eigenvalue weighted by molar-refractivity contribution is 4.98. The minimum atomic E-state index is 0.440. The summed E-state index contributed by atoms with van der Waals surface area (Å²) in [5, 5.41) is 0. The molecule has 0 aromatic carbocycles. The van der Waals surface area contributed by atoms with Crippen molar-refractivity contribution in [3.8, 4) is 0 Å². The van der Waals surface area contributed by atoms with Gasteiger partial charge in [0.05, 0.1) is 0 Å². The molecule has 0 radical (unpaired) electrons. The van der Waals surface area contributed by atoms with E-state index in [9.17, 15) is 0 Å². The van der Waals surface area contributed by atoms with Gasteiger partial charge in [0.1, 0.15) is 0 Å². The quantitative estimate of drug-likeness (QED) is 0.828. The summed E-state index contributed by atoms with van der Waals surface area (Å²) in [5.74, 6) is 2.74. The van der Waals surface area contributed by atoms with Gasteiger partial charge in [-0.1, -0.05) is 26.7 Å². The van der Waals surface area contributed by atoms with Crippen LogP contribution in [0.25, 0.3) is 0 Å². The number of nitrogens with zero attached hydrogens (tertiary/aromatic N) is 1. The standard InChI is InChI=1S/C17H32N2/c1-12(2)14-7-8-15(18)17(11-14)19-10-9-13-5-3-4-6-16(13)19/h12-17H,3-11,18H2,1-2H3. The summed E-state index contributed by atoms with van der Waals surface area (Å²) in [6, 6.07) is 2.01. The van der Waals surface area contributed by atoms with Crippen molar-refractivity contribution in [2.24, 2.45) is 23.5 Å². The van der Waals surface area contributed by atoms with Crippen LogP contribution in [0.4, 0.5) is 0 Å². The van der Waals surface area contributed by atoms with Gasteiger partial charge in [0.15, 0.2) is 0 Å². The highest BCUT2D eigenvalue weighted by Gasteiger charge is 2.42. The number of rotatable bonds is 2. The Kier molecular flexibility index (Phi) is 4.19. The first-order valence-corrected chi connectivity index (χ1v) is 8.68. The molecule has 0 aromatic heterocycles. The van der Waals surface area contributed by atoms with Gasteiger partial charge >= 0.3 is 0 Å². The maximum Gasteiger partial charge on any atom is 0.0252 e. The van der Waals surface area contributed by atoms with Crippen LogP contribution in [-0.4, -0.2) is 29.6 Å². The molecule has 5 unspecified atom stereocenters. The number of nitrogens with two attached hydrogens (primary N) is 1. The smallest absolute Gasteiger partial charge is 0.0252 e. The molecule has 2 heteroatoms. The molecule has 0 amide bonds. The molecule has 0 spiro atoms. The lowest BCUT2D eigenvalue weighted by Crippen LogP contribution is -2.54. The van der Waals surface area contributed by atoms with Gasteiger partial charge in [0, 0.05) is 18.1 Å². The van der Waals surface area contributed by atoms with Crippen molar-refractivity contribution in [3.05, 3.63) is 0 Å². The lowest BCUT2D eigenvalue weighted by Gasteiger charge is -2.44. The third-order valence-corrected chi connectivity index (χ3v) is 6.33. The Balaban J connectivity index is 1.69. The lowest BCUT2D eigenvalue weighted by molar-refractivity contribution is 0.0660. The van der Waals surface area contributed by atoms with Crippen LogP contribution in [0.5, 0.6) is 0 Å². The van der Waals surface area contributed by atoms with Gasteiger partial charge in [-0.2, -0.15) is 0 Å². The van der Waals surface area contributed by atoms with Crippen molar-refractivity contribution in [2.45, 2.75) is 83.3 Å². The van der Waals surface area contributed by atoms with Crippen LogP contribution in [-0.2, 0) is 0 Å². The van der Waals surface area contributed by atoms with E-state index in [1.165, 1.54) is 57.9 Å². The maximum absolute atomic E-state index is 6.50. The zero-order valence-corrected chi connectivity index (χ0v) is 12.9. The highest BCUT2D eigenvalue weighted by Crippen LogP contribution is 2.41. The Morgan fingerprint density at radius 3 is 2.53 bits per heavy atom. The van der Waals surface area contributed by atoms with Crippen LogP contribution in [0.15, 0.2) is 0 Å². The van der Waals surface area contributed by atoms with Gasteiger partial charge < -0.3 is 5.73 Å². The highest BCUT2D eigenvalue weighted by atomic mass is 15.2. The van der Waals surface area contributed by atoms with Crippen molar-refractivity contribution < 1.29 is 0 Å². The lowest BCUT2D eigenvalue weighted by atomic mass is 9.76. The summed E-state index contributed by atoms with van der Waals surface area (Å²) in [4.78, 5) is 2.85. The molecule has 0 aromatic rings. The van der Waals surface area contributed by atoms with Gasteiger partial charge in [0.2, 0.25) is 0 Å². The Bertz CT molecular complexity index is 302. The van der Waals surface area contributed by atoms with E-state index >= 15 is 0 Å². The molecule has 3 aliphatic rings. The molecular formula is C17H32N2. The molecule has 0 bridgehead atoms. The summed E-state index contributed by atoms with van der Waals surface area (Å²) < 4.78 is 0. The van der Waals surface area contributed by atoms with Crippen LogP contribution in [0.2, 0.25) is 0 Å². The number of likely N-dealkylation sites (tertiary alicyclic amines) is 1. The molecule has 2 N–H and O–H groups in total. The van der Waals surface area contributed by atoms with Gasteiger partial charge in [0.25, 0.3) is 0 Å². The van der Waals surface area contributed by atoms with Crippen LogP contribution < -0.4 is 5.73 Å². The summed E-state index contributed by atoms with van der Waals surface area (Å²) >= 11 is 0. The van der Waals surface area contributed by atoms with E-state index in [-0.39, 0.29) is 0 Å². The summed E-state index contributed by atoms with van der Waals surface area (Å²) in [5.41, 5.74) is 6.50. The minimum absolute atomic E-state index is 0.440. The van der Waals surface area contributed by atoms with Gasteiger partial charge in [-0.3, -0.25) is 4.90 Å². The van der Waals surface area contributed by atoms with Gasteiger partial charge in [-0.15, -0.1) is 0 Å². The van der Waals surface area contributed by atoms with E-state index < -0.39 is 0 Å². The number of fused-ring (bicyclic) bond motifs is 1. The molecule has 1 saturated heterocycles. The van der Waals surface area contributed by atoms with Crippen molar-refractivity contribution in [2.75, 3.05) is 6.54 Å². The second-order valence-corrected chi connectivity index (χ2v) is 7.69. The normalized spacial score (nSPS) is 44.5. The van der Waals surface area contributed by atoms with Crippen molar-refractivity contribution in [1.82, 2.24) is 4.90 Å². The molecule has 110 valence electrons. The zero-order valence-electron chi connectivity index (χ0n) is 12.9. The largest absolute Gasteiger partial charge is 0.326 e. The number of hydrogen-bond acceptors (Lipinski definition) is 2. The Labute approximate surface area is 119 Å². The Morgan fingerprint density at radius 1 is 0.947 bits per heavy atom. The van der Waals surface area contributed by atoms with Crippen LogP contribution >= 0.6 is 0 Å². The second kappa shape index (κ2) is 5.73. The molecule has 5 atom stereocenters. The van der Waals surface area contributed by atoms with E-state index in [4.69, 9.17) is 5.73 Å². The molecule has 1 aliphatic heterocycles. The predicted molar refractivity (Wildman–Crippen MR) is 81.0 cm³/mol. The molecule has 3 rings (SSSR count). The molecular weight excluding hydrogens is 232 g/mol. The molecule has 1 heterocycles. The van der Waals surface area contributed by atoms with E-state index in [0.717, 1.165) is 23.8 Å². The molecule has 2 saturated carbocycles. The van der Waals surface area contributed by atoms with Crippen LogP contribution in [0.3, 0.4) is 0 Å². The van der Waals surface area contributed by atoms with E-state index in [1.807, 2.05) is 0 Å². The zero-order chi connectivity index (χ0) is 13.4. The Morgan fingerprint density at radius 2 is 1.74 bits per heavy atom. The van der Waals surface area contributed by atoms with E-state index in [1.54, 1.807) is 0 Å². The van der Waals surface area contributed by atoms with Gasteiger partial charge in [-0.25, -0.2) is 0 Å². The van der Waals surface area contributed by atoms with E-state index in [0.29, 0.717) is 12.1 Å². The average Bonchev–Trinajstić information content (AvgIpc) is 2.83. The molecule has 3 fully saturated rings. The minimum Gasteiger partial charge on any atom is -0.326 e. The third kappa shape index (κ3) is 2.71. The monoisotopic (exact) mass is 264 g/mol. The molecule has 2 aliphatic carbocycles. The number of hydrogen-bond donors (Lipinski definition) is 1. The SMILES string of the molecule is CC(C)C1CCC(N)C(N2CCC3CCCCC32)C1. The summed E-state index contributed by atoms with van der Waals surface area (Å²) in [7, 11) is 0. The first kappa shape index (κ1) is 13.9. The van der Waals surface area contributed by atoms with Gasteiger partial charge in [-0.05, 0) is 62.8 Å². The second-order valence-electron chi connectivity index (χ2n) is 7.69. The van der Waals surface area contributed by atoms with Crippen LogP contribution in [0, 0.1) is 17.8 Å². The Hall–Kier alpha value is -0.0800. The third-order valence-electron chi connectivity index (χ3n) is 6.33. The topological polar surface area (TPSA) is 29.3 Å². The molecule has 2 nitrogen and oxygen atoms in total. The fraction of sp³-hybridized carbons (Fsp3) is 1.00. The van der Waals surface area contributed by atoms with E-state index in [2.05, 4.69) is 18.7 Å². The maximum atomic E-state index is 6.50. The summed E-state index contributed by atoms with van der Waals surface area (Å²) in [6.45, 7) is 6.12. The fourth-order valence-electron chi connectivity index (χ4n) is 5.04.